The summed E-state index contributed by atoms with van der Waals surface area (Å²) in [7, 11) is 0. The minimum absolute atomic E-state index is 0.574. The number of rotatable bonds is 3. The van der Waals surface area contributed by atoms with Crippen LogP contribution >= 0.6 is 11.8 Å². The summed E-state index contributed by atoms with van der Waals surface area (Å²) in [6.07, 6.45) is 4.79. The summed E-state index contributed by atoms with van der Waals surface area (Å²) < 4.78 is 1.80. The molecule has 1 aliphatic rings. The highest BCUT2D eigenvalue weighted by molar-refractivity contribution is 7.99. The second kappa shape index (κ2) is 4.79. The van der Waals surface area contributed by atoms with E-state index in [0.29, 0.717) is 6.04 Å². The average Bonchev–Trinajstić information content (AvgIpc) is 3.01. The van der Waals surface area contributed by atoms with E-state index in [-0.39, 0.29) is 0 Å². The van der Waals surface area contributed by atoms with Crippen LogP contribution in [0.2, 0.25) is 0 Å². The Bertz CT molecular complexity index is 477. The molecule has 3 rings (SSSR count). The zero-order valence-corrected chi connectivity index (χ0v) is 10.2. The third-order valence-electron chi connectivity index (χ3n) is 2.86. The monoisotopic (exact) mass is 246 g/mol. The summed E-state index contributed by atoms with van der Waals surface area (Å²) in [5.74, 6) is 2.44. The fourth-order valence-corrected chi connectivity index (χ4v) is 3.15. The van der Waals surface area contributed by atoms with Crippen molar-refractivity contribution in [2.24, 2.45) is 0 Å². The van der Waals surface area contributed by atoms with E-state index >= 15 is 0 Å². The van der Waals surface area contributed by atoms with Crippen LogP contribution in [0.15, 0.2) is 36.7 Å². The molecule has 0 aliphatic carbocycles. The molecule has 2 aromatic rings. The summed E-state index contributed by atoms with van der Waals surface area (Å²) in [5, 5.41) is 11.5. The normalized spacial score (nSPS) is 19.4. The SMILES string of the molecule is c1ccc(-n2ccnn2)c(NC2CCSC2)c1. The molecule has 1 unspecified atom stereocenters. The molecule has 0 amide bonds. The lowest BCUT2D eigenvalue weighted by Crippen LogP contribution is -2.19. The second-order valence-corrected chi connectivity index (χ2v) is 5.22. The van der Waals surface area contributed by atoms with Crippen LogP contribution in [-0.2, 0) is 0 Å². The lowest BCUT2D eigenvalue weighted by atomic mass is 10.2. The van der Waals surface area contributed by atoms with Crippen LogP contribution in [0.5, 0.6) is 0 Å². The first-order chi connectivity index (χ1) is 8.43. The maximum Gasteiger partial charge on any atom is 0.0894 e. The van der Waals surface area contributed by atoms with Crippen molar-refractivity contribution in [3.8, 4) is 5.69 Å². The number of anilines is 1. The van der Waals surface area contributed by atoms with Crippen molar-refractivity contribution in [3.63, 3.8) is 0 Å². The maximum absolute atomic E-state index is 4.04. The number of nitrogens with one attached hydrogen (secondary N) is 1. The van der Waals surface area contributed by atoms with Crippen molar-refractivity contribution >= 4 is 17.4 Å². The van der Waals surface area contributed by atoms with E-state index in [4.69, 9.17) is 0 Å². The lowest BCUT2D eigenvalue weighted by molar-refractivity contribution is 0.786. The van der Waals surface area contributed by atoms with Gasteiger partial charge in [-0.2, -0.15) is 11.8 Å². The Morgan fingerprint density at radius 1 is 1.35 bits per heavy atom. The van der Waals surface area contributed by atoms with Crippen LogP contribution in [0.1, 0.15) is 6.42 Å². The van der Waals surface area contributed by atoms with E-state index in [0.717, 1.165) is 11.4 Å². The number of nitrogens with zero attached hydrogens (tertiary/aromatic N) is 3. The van der Waals surface area contributed by atoms with E-state index in [1.165, 1.54) is 17.9 Å². The number of thioether (sulfide) groups is 1. The van der Waals surface area contributed by atoms with Crippen molar-refractivity contribution in [3.05, 3.63) is 36.7 Å². The van der Waals surface area contributed by atoms with Gasteiger partial charge >= 0.3 is 0 Å². The number of aromatic nitrogens is 3. The molecule has 1 saturated heterocycles. The molecular formula is C12H14N4S. The first-order valence-corrected chi connectivity index (χ1v) is 6.89. The van der Waals surface area contributed by atoms with Crippen LogP contribution in [0.3, 0.4) is 0 Å². The maximum atomic E-state index is 4.04. The van der Waals surface area contributed by atoms with Gasteiger partial charge in [-0.15, -0.1) is 5.10 Å². The van der Waals surface area contributed by atoms with Crippen LogP contribution in [-0.4, -0.2) is 32.5 Å². The van der Waals surface area contributed by atoms with Crippen molar-refractivity contribution in [1.82, 2.24) is 15.0 Å². The van der Waals surface area contributed by atoms with Crippen LogP contribution < -0.4 is 5.32 Å². The molecule has 0 radical (unpaired) electrons. The van der Waals surface area contributed by atoms with Crippen molar-refractivity contribution in [2.75, 3.05) is 16.8 Å². The third-order valence-corrected chi connectivity index (χ3v) is 4.03. The Labute approximate surface area is 104 Å². The first-order valence-electron chi connectivity index (χ1n) is 5.73. The smallest absolute Gasteiger partial charge is 0.0894 e. The van der Waals surface area contributed by atoms with Gasteiger partial charge in [0.15, 0.2) is 0 Å². The molecule has 88 valence electrons. The van der Waals surface area contributed by atoms with E-state index in [2.05, 4.69) is 27.8 Å². The lowest BCUT2D eigenvalue weighted by Gasteiger charge is -2.16. The van der Waals surface area contributed by atoms with Gasteiger partial charge in [-0.1, -0.05) is 17.3 Å². The third kappa shape index (κ3) is 2.29. The molecule has 1 fully saturated rings. The molecule has 1 atom stereocenters. The van der Waals surface area contributed by atoms with Gasteiger partial charge in [-0.25, -0.2) is 4.68 Å². The Hall–Kier alpha value is -1.49. The predicted molar refractivity (Wildman–Crippen MR) is 70.7 cm³/mol. The number of hydrogen-bond donors (Lipinski definition) is 1. The molecule has 1 aromatic heterocycles. The van der Waals surface area contributed by atoms with Gasteiger partial charge < -0.3 is 5.32 Å². The van der Waals surface area contributed by atoms with Gasteiger partial charge in [0, 0.05) is 11.8 Å². The molecule has 0 bridgehead atoms. The van der Waals surface area contributed by atoms with E-state index in [1.54, 1.807) is 10.9 Å². The first kappa shape index (κ1) is 10.7. The highest BCUT2D eigenvalue weighted by atomic mass is 32.2. The van der Waals surface area contributed by atoms with Crippen LogP contribution in [0.25, 0.3) is 5.69 Å². The fraction of sp³-hybridized carbons (Fsp3) is 0.333. The Kier molecular flexibility index (Phi) is 3.00. The summed E-state index contributed by atoms with van der Waals surface area (Å²) in [6.45, 7) is 0. The van der Waals surface area contributed by atoms with Gasteiger partial charge in [0.25, 0.3) is 0 Å². The minimum Gasteiger partial charge on any atom is -0.380 e. The van der Waals surface area contributed by atoms with Gasteiger partial charge in [0.05, 0.1) is 23.8 Å². The minimum atomic E-state index is 0.574. The molecule has 1 N–H and O–H groups in total. The second-order valence-electron chi connectivity index (χ2n) is 4.07. The van der Waals surface area contributed by atoms with Gasteiger partial charge in [-0.3, -0.25) is 0 Å². The standard InChI is InChI=1S/C12H14N4S/c1-2-4-12(16-7-6-13-15-16)11(3-1)14-10-5-8-17-9-10/h1-4,6-7,10,14H,5,8-9H2. The zero-order valence-electron chi connectivity index (χ0n) is 9.41. The molecule has 4 nitrogen and oxygen atoms in total. The van der Waals surface area contributed by atoms with E-state index in [9.17, 15) is 0 Å². The van der Waals surface area contributed by atoms with Crippen LogP contribution in [0.4, 0.5) is 5.69 Å². The van der Waals surface area contributed by atoms with Crippen molar-refractivity contribution in [2.45, 2.75) is 12.5 Å². The summed E-state index contributed by atoms with van der Waals surface area (Å²) in [6, 6.07) is 8.79. The zero-order chi connectivity index (χ0) is 11.5. The molecule has 0 spiro atoms. The Morgan fingerprint density at radius 2 is 2.29 bits per heavy atom. The molecule has 5 heteroatoms. The highest BCUT2D eigenvalue weighted by Gasteiger charge is 2.16. The fourth-order valence-electron chi connectivity index (χ4n) is 2.00. The number of hydrogen-bond acceptors (Lipinski definition) is 4. The molecule has 17 heavy (non-hydrogen) atoms. The quantitative estimate of drug-likeness (QED) is 0.901. The van der Waals surface area contributed by atoms with Gasteiger partial charge in [0.2, 0.25) is 0 Å². The van der Waals surface area contributed by atoms with E-state index < -0.39 is 0 Å². The summed E-state index contributed by atoms with van der Waals surface area (Å²) in [4.78, 5) is 0. The predicted octanol–water partition coefficient (Wildman–Crippen LogP) is 2.18. The molecule has 0 saturated carbocycles. The van der Waals surface area contributed by atoms with Crippen molar-refractivity contribution < 1.29 is 0 Å². The van der Waals surface area contributed by atoms with Crippen LogP contribution in [0, 0.1) is 0 Å². The molecular weight excluding hydrogens is 232 g/mol. The summed E-state index contributed by atoms with van der Waals surface area (Å²) >= 11 is 2.01. The molecule has 2 heterocycles. The van der Waals surface area contributed by atoms with E-state index in [1.807, 2.05) is 30.1 Å². The van der Waals surface area contributed by atoms with Crippen molar-refractivity contribution in [1.29, 1.82) is 0 Å². The molecule has 1 aliphatic heterocycles. The largest absolute Gasteiger partial charge is 0.380 e. The van der Waals surface area contributed by atoms with Gasteiger partial charge in [-0.05, 0) is 24.3 Å². The number of benzene rings is 1. The molecule has 1 aromatic carbocycles. The Balaban J connectivity index is 1.88. The average molecular weight is 246 g/mol. The van der Waals surface area contributed by atoms with Gasteiger partial charge in [0.1, 0.15) is 0 Å². The highest BCUT2D eigenvalue weighted by Crippen LogP contribution is 2.25. The topological polar surface area (TPSA) is 42.7 Å². The summed E-state index contributed by atoms with van der Waals surface area (Å²) in [5.41, 5.74) is 2.19. The Morgan fingerprint density at radius 3 is 3.06 bits per heavy atom. The number of para-hydroxylation sites is 2.